The smallest absolute Gasteiger partial charge is 0.257 e. The molecule has 3 atom stereocenters. The molecule has 1 amide bonds. The molecule has 0 spiro atoms. The number of carbonyl (C=O) groups excluding carboxylic acids is 1. The van der Waals surface area contributed by atoms with Crippen molar-refractivity contribution in [1.29, 1.82) is 0 Å². The Bertz CT molecular complexity index is 1210. The van der Waals surface area contributed by atoms with Gasteiger partial charge in [0, 0.05) is 34.6 Å². The highest BCUT2D eigenvalue weighted by Gasteiger charge is 2.25. The fourth-order valence-corrected chi connectivity index (χ4v) is 6.10. The number of nitrogens with one attached hydrogen (secondary N) is 2. The number of amides is 1. The number of aryl methyl sites for hydroxylation is 1. The number of carbonyl (C=O) groups is 1. The second kappa shape index (κ2) is 12.3. The molecule has 0 fully saturated rings. The van der Waals surface area contributed by atoms with Gasteiger partial charge >= 0.3 is 0 Å². The number of aromatic amines is 1. The Morgan fingerprint density at radius 1 is 1.03 bits per heavy atom. The van der Waals surface area contributed by atoms with E-state index in [0.717, 1.165) is 33.2 Å². The number of fused-ring (bicyclic) bond motifs is 1. The Kier molecular flexibility index (Phi) is 10.3. The third-order valence-electron chi connectivity index (χ3n) is 5.44. The number of benzene rings is 1. The van der Waals surface area contributed by atoms with Gasteiger partial charge in [-0.25, -0.2) is 4.98 Å². The Labute approximate surface area is 248 Å². The number of alkyl halides is 4. The van der Waals surface area contributed by atoms with Gasteiger partial charge in [0.2, 0.25) is 5.43 Å². The molecule has 2 N–H and O–H groups in total. The molecule has 3 rings (SSSR count). The maximum atomic E-state index is 13.5. The van der Waals surface area contributed by atoms with E-state index in [-0.39, 0.29) is 24.7 Å². The van der Waals surface area contributed by atoms with Crippen LogP contribution in [0.5, 0.6) is 0 Å². The minimum Gasteiger partial charge on any atom is -0.348 e. The second-order valence-electron chi connectivity index (χ2n) is 7.85. The zero-order chi connectivity index (χ0) is 24.3. The molecular formula is C24H25I4N3O2. The Morgan fingerprint density at radius 2 is 1.67 bits per heavy atom. The molecule has 2 heterocycles. The molecule has 0 saturated carbocycles. The van der Waals surface area contributed by atoms with Crippen molar-refractivity contribution in [2.24, 2.45) is 0 Å². The molecular weight excluding hydrogens is 870 g/mol. The van der Waals surface area contributed by atoms with Crippen LogP contribution in [0.25, 0.3) is 11.0 Å². The van der Waals surface area contributed by atoms with Crippen molar-refractivity contribution in [2.45, 2.75) is 45.5 Å². The molecule has 0 aliphatic rings. The first-order chi connectivity index (χ1) is 15.6. The Morgan fingerprint density at radius 3 is 2.21 bits per heavy atom. The summed E-state index contributed by atoms with van der Waals surface area (Å²) in [7, 11) is 0. The number of H-pyrrole nitrogens is 1. The number of hydrogen-bond acceptors (Lipinski definition) is 3. The molecule has 2 aromatic heterocycles. The highest BCUT2D eigenvalue weighted by Crippen LogP contribution is 2.38. The lowest BCUT2D eigenvalue weighted by atomic mass is 9.96. The lowest BCUT2D eigenvalue weighted by molar-refractivity contribution is 0.0949. The summed E-state index contributed by atoms with van der Waals surface area (Å²) in [6.07, 6.45) is 2.34. The normalized spacial score (nSPS) is 14.2. The highest BCUT2D eigenvalue weighted by molar-refractivity contribution is 14.1. The fraction of sp³-hybridized carbons (Fsp3) is 0.375. The highest BCUT2D eigenvalue weighted by atomic mass is 127. The topological polar surface area (TPSA) is 74.8 Å². The lowest BCUT2D eigenvalue weighted by Crippen LogP contribution is -2.29. The van der Waals surface area contributed by atoms with Crippen molar-refractivity contribution in [3.8, 4) is 0 Å². The Balaban J connectivity index is 2.01. The fourth-order valence-electron chi connectivity index (χ4n) is 3.83. The summed E-state index contributed by atoms with van der Waals surface area (Å²) in [4.78, 5) is 34.5. The van der Waals surface area contributed by atoms with E-state index in [4.69, 9.17) is 4.98 Å². The number of hydrogen-bond donors (Lipinski definition) is 2. The van der Waals surface area contributed by atoms with Crippen molar-refractivity contribution in [3.05, 3.63) is 74.2 Å². The summed E-state index contributed by atoms with van der Waals surface area (Å²) < 4.78 is 1.68. The van der Waals surface area contributed by atoms with Crippen LogP contribution in [0, 0.1) is 0 Å². The van der Waals surface area contributed by atoms with Gasteiger partial charge in [-0.3, -0.25) is 9.59 Å². The van der Waals surface area contributed by atoms with E-state index in [1.165, 1.54) is 11.8 Å². The first-order valence-corrected chi connectivity index (χ1v) is 15.8. The first kappa shape index (κ1) is 27.6. The third-order valence-corrected chi connectivity index (χ3v) is 7.95. The van der Waals surface area contributed by atoms with Gasteiger partial charge in [-0.15, -0.1) is 0 Å². The van der Waals surface area contributed by atoms with Gasteiger partial charge in [0.1, 0.15) is 11.2 Å². The third kappa shape index (κ3) is 6.40. The van der Waals surface area contributed by atoms with Crippen molar-refractivity contribution in [2.75, 3.05) is 4.43 Å². The minimum absolute atomic E-state index is 0.103. The molecule has 176 valence electrons. The van der Waals surface area contributed by atoms with Crippen LogP contribution in [-0.2, 0) is 13.0 Å². The zero-order valence-corrected chi connectivity index (χ0v) is 27.1. The van der Waals surface area contributed by atoms with Crippen molar-refractivity contribution < 1.29 is 4.79 Å². The van der Waals surface area contributed by atoms with Crippen LogP contribution >= 0.6 is 90.4 Å². The maximum Gasteiger partial charge on any atom is 0.257 e. The van der Waals surface area contributed by atoms with E-state index in [1.54, 1.807) is 0 Å². The van der Waals surface area contributed by atoms with Crippen LogP contribution in [0.1, 0.15) is 70.9 Å². The van der Waals surface area contributed by atoms with Crippen LogP contribution in [0.4, 0.5) is 0 Å². The number of aromatic nitrogens is 2. The average molecular weight is 895 g/mol. The number of rotatable bonds is 8. The zero-order valence-electron chi connectivity index (χ0n) is 18.5. The van der Waals surface area contributed by atoms with Gasteiger partial charge < -0.3 is 10.3 Å². The summed E-state index contributed by atoms with van der Waals surface area (Å²) in [6, 6.07) is 8.16. The monoisotopic (exact) mass is 895 g/mol. The molecule has 0 bridgehead atoms. The van der Waals surface area contributed by atoms with Gasteiger partial charge in [0.25, 0.3) is 5.91 Å². The largest absolute Gasteiger partial charge is 0.348 e. The van der Waals surface area contributed by atoms with Crippen LogP contribution in [0.2, 0.25) is 0 Å². The van der Waals surface area contributed by atoms with E-state index >= 15 is 0 Å². The van der Waals surface area contributed by atoms with Gasteiger partial charge in [0.15, 0.2) is 0 Å². The van der Waals surface area contributed by atoms with Crippen LogP contribution in [0.3, 0.4) is 0 Å². The molecule has 3 aromatic rings. The van der Waals surface area contributed by atoms with E-state index in [2.05, 4.69) is 134 Å². The average Bonchev–Trinajstić information content (AvgIpc) is 2.77. The van der Waals surface area contributed by atoms with Crippen molar-refractivity contribution in [1.82, 2.24) is 15.3 Å². The van der Waals surface area contributed by atoms with E-state index < -0.39 is 0 Å². The summed E-state index contributed by atoms with van der Waals surface area (Å²) in [5.74, 6) is -0.378. The predicted molar refractivity (Wildman–Crippen MR) is 170 cm³/mol. The van der Waals surface area contributed by atoms with Gasteiger partial charge in [0.05, 0.1) is 5.39 Å². The minimum atomic E-state index is -0.378. The number of nitrogens with zero attached hydrogens (tertiary/aromatic N) is 1. The van der Waals surface area contributed by atoms with E-state index in [9.17, 15) is 9.59 Å². The second-order valence-corrected chi connectivity index (χ2v) is 14.5. The van der Waals surface area contributed by atoms with Crippen LogP contribution in [0.15, 0.2) is 35.3 Å². The van der Waals surface area contributed by atoms with Crippen molar-refractivity contribution >= 4 is 107 Å². The molecule has 9 heteroatoms. The molecule has 0 radical (unpaired) electrons. The summed E-state index contributed by atoms with van der Waals surface area (Å²) >= 11 is 9.47. The Hall–Kier alpha value is -0.0300. The standard InChI is InChI=1S/C24H25I4N3O2/c1-12(26)16-6-4-15(5-7-16)10-30-24(33)17-11-29-23-21(22(17)32)20(14(3)28)19(13(2)27)18(31-23)8-9-25/h4-7,11-14H,8-10H2,1-3H3,(H,30,33)(H,29,31,32). The SMILES string of the molecule is CC(I)c1ccc(CNC(=O)c2c[nH]c3nc(CCI)c(C(C)I)c(C(C)I)c3c2=O)cc1. The summed E-state index contributed by atoms with van der Waals surface area (Å²) in [5.41, 5.74) is 5.78. The van der Waals surface area contributed by atoms with Gasteiger partial charge in [-0.05, 0) is 49.4 Å². The lowest BCUT2D eigenvalue weighted by Gasteiger charge is -2.20. The number of halogens is 4. The molecule has 0 saturated heterocycles. The van der Waals surface area contributed by atoms with Crippen LogP contribution < -0.4 is 10.7 Å². The van der Waals surface area contributed by atoms with E-state index in [0.29, 0.717) is 21.5 Å². The maximum absolute atomic E-state index is 13.5. The van der Waals surface area contributed by atoms with Gasteiger partial charge in [-0.1, -0.05) is 115 Å². The molecule has 33 heavy (non-hydrogen) atoms. The summed E-state index contributed by atoms with van der Waals surface area (Å²) in [5, 5.41) is 3.43. The quantitative estimate of drug-likeness (QED) is 0.184. The summed E-state index contributed by atoms with van der Waals surface area (Å²) in [6.45, 7) is 6.71. The molecule has 3 unspecified atom stereocenters. The molecule has 0 aliphatic heterocycles. The predicted octanol–water partition coefficient (Wildman–Crippen LogP) is 7.32. The van der Waals surface area contributed by atoms with Gasteiger partial charge in [-0.2, -0.15) is 0 Å². The van der Waals surface area contributed by atoms with Crippen molar-refractivity contribution in [3.63, 3.8) is 0 Å². The molecule has 1 aromatic carbocycles. The molecule has 5 nitrogen and oxygen atoms in total. The number of pyridine rings is 2. The molecule has 0 aliphatic carbocycles. The van der Waals surface area contributed by atoms with Crippen LogP contribution in [-0.4, -0.2) is 20.3 Å². The first-order valence-electron chi connectivity index (χ1n) is 10.6. The van der Waals surface area contributed by atoms with E-state index in [1.807, 2.05) is 12.1 Å².